The Balaban J connectivity index is 2.06. The minimum Gasteiger partial charge on any atom is -0.450 e. The topological polar surface area (TPSA) is 29.5 Å². The lowest BCUT2D eigenvalue weighted by atomic mass is 9.82. The molecule has 3 heteroatoms. The first-order chi connectivity index (χ1) is 7.15. The van der Waals surface area contributed by atoms with E-state index >= 15 is 0 Å². The van der Waals surface area contributed by atoms with Crippen LogP contribution in [0.3, 0.4) is 0 Å². The van der Waals surface area contributed by atoms with Gasteiger partial charge in [-0.05, 0) is 38.0 Å². The molecular weight excluding hydrogens is 190 g/mol. The molecule has 0 aromatic heterocycles. The van der Waals surface area contributed by atoms with Crippen molar-refractivity contribution < 1.29 is 9.53 Å². The van der Waals surface area contributed by atoms with E-state index in [9.17, 15) is 4.79 Å². The van der Waals surface area contributed by atoms with Gasteiger partial charge in [-0.3, -0.25) is 0 Å². The molecule has 2 unspecified atom stereocenters. The molecule has 2 aliphatic heterocycles. The molecule has 3 nitrogen and oxygen atoms in total. The largest absolute Gasteiger partial charge is 0.450 e. The second kappa shape index (κ2) is 4.03. The van der Waals surface area contributed by atoms with Crippen LogP contribution in [-0.4, -0.2) is 29.7 Å². The first-order valence-electron chi connectivity index (χ1n) is 6.10. The van der Waals surface area contributed by atoms with E-state index in [1.807, 2.05) is 11.8 Å². The maximum Gasteiger partial charge on any atom is 0.410 e. The van der Waals surface area contributed by atoms with Crippen molar-refractivity contribution in [1.29, 1.82) is 0 Å². The molecule has 0 N–H and O–H groups in total. The summed E-state index contributed by atoms with van der Waals surface area (Å²) in [6.07, 6.45) is 3.44. The van der Waals surface area contributed by atoms with Crippen LogP contribution in [0.15, 0.2) is 0 Å². The Labute approximate surface area is 91.8 Å². The fourth-order valence-corrected chi connectivity index (χ4v) is 3.23. The highest BCUT2D eigenvalue weighted by atomic mass is 16.6. The van der Waals surface area contributed by atoms with E-state index in [0.29, 0.717) is 30.5 Å². The number of amides is 1. The average molecular weight is 211 g/mol. The number of ether oxygens (including phenoxy) is 1. The Morgan fingerprint density at radius 1 is 1.47 bits per heavy atom. The minimum atomic E-state index is -0.0897. The molecule has 0 aromatic carbocycles. The third-order valence-electron chi connectivity index (χ3n) is 3.92. The highest BCUT2D eigenvalue weighted by Crippen LogP contribution is 2.44. The van der Waals surface area contributed by atoms with Gasteiger partial charge < -0.3 is 9.64 Å². The zero-order valence-corrected chi connectivity index (χ0v) is 9.90. The van der Waals surface area contributed by atoms with Gasteiger partial charge in [0, 0.05) is 12.1 Å². The number of hydrogen-bond acceptors (Lipinski definition) is 2. The van der Waals surface area contributed by atoms with E-state index in [0.717, 1.165) is 0 Å². The van der Waals surface area contributed by atoms with Crippen LogP contribution in [0, 0.1) is 11.8 Å². The van der Waals surface area contributed by atoms with Crippen LogP contribution in [0.2, 0.25) is 0 Å². The summed E-state index contributed by atoms with van der Waals surface area (Å²) in [4.78, 5) is 13.8. The molecule has 2 aliphatic rings. The normalized spacial score (nSPS) is 33.9. The molecule has 2 bridgehead atoms. The van der Waals surface area contributed by atoms with Crippen LogP contribution < -0.4 is 0 Å². The molecule has 2 fully saturated rings. The molecule has 1 amide bonds. The Morgan fingerprint density at radius 2 is 2.20 bits per heavy atom. The van der Waals surface area contributed by atoms with Crippen LogP contribution in [0.4, 0.5) is 4.79 Å². The van der Waals surface area contributed by atoms with E-state index in [1.165, 1.54) is 19.3 Å². The summed E-state index contributed by atoms with van der Waals surface area (Å²) in [5, 5.41) is 0. The Morgan fingerprint density at radius 3 is 2.73 bits per heavy atom. The van der Waals surface area contributed by atoms with E-state index < -0.39 is 0 Å². The standard InChI is InChI=1S/C12H21NO2/c1-4-15-12(14)13-9-5-6-11(13)10(7-9)8(2)3/h8-11H,4-7H2,1-3H3/t9?,10-,11?/m0/s1. The van der Waals surface area contributed by atoms with E-state index in [4.69, 9.17) is 4.74 Å². The molecule has 2 saturated heterocycles. The highest BCUT2D eigenvalue weighted by Gasteiger charge is 2.49. The number of carbonyl (C=O) groups excluding carboxylic acids is 1. The number of carbonyl (C=O) groups is 1. The second-order valence-corrected chi connectivity index (χ2v) is 5.05. The molecule has 0 spiro atoms. The molecule has 3 atom stereocenters. The zero-order valence-electron chi connectivity index (χ0n) is 9.90. The quantitative estimate of drug-likeness (QED) is 0.702. The van der Waals surface area contributed by atoms with Gasteiger partial charge in [-0.25, -0.2) is 4.79 Å². The lowest BCUT2D eigenvalue weighted by Crippen LogP contribution is -2.37. The van der Waals surface area contributed by atoms with Crippen molar-refractivity contribution in [2.75, 3.05) is 6.61 Å². The predicted octanol–water partition coefficient (Wildman–Crippen LogP) is 2.65. The molecular formula is C12H21NO2. The number of fused-ring (bicyclic) bond motifs is 2. The highest BCUT2D eigenvalue weighted by molar-refractivity contribution is 5.69. The molecule has 0 aliphatic carbocycles. The Bertz CT molecular complexity index is 252. The van der Waals surface area contributed by atoms with Gasteiger partial charge in [0.15, 0.2) is 0 Å². The lowest BCUT2D eigenvalue weighted by Gasteiger charge is -2.25. The Kier molecular flexibility index (Phi) is 2.89. The summed E-state index contributed by atoms with van der Waals surface area (Å²) in [5.41, 5.74) is 0. The second-order valence-electron chi connectivity index (χ2n) is 5.05. The summed E-state index contributed by atoms with van der Waals surface area (Å²) in [6.45, 7) is 6.88. The summed E-state index contributed by atoms with van der Waals surface area (Å²) in [6, 6.07) is 0.912. The third-order valence-corrected chi connectivity index (χ3v) is 3.92. The van der Waals surface area contributed by atoms with E-state index in [1.54, 1.807) is 0 Å². The average Bonchev–Trinajstić information content (AvgIpc) is 2.74. The van der Waals surface area contributed by atoms with Crippen molar-refractivity contribution in [3.05, 3.63) is 0 Å². The summed E-state index contributed by atoms with van der Waals surface area (Å²) < 4.78 is 5.12. The van der Waals surface area contributed by atoms with Gasteiger partial charge in [0.2, 0.25) is 0 Å². The fourth-order valence-electron chi connectivity index (χ4n) is 3.23. The third kappa shape index (κ3) is 1.72. The SMILES string of the molecule is CCOC(=O)N1C2CCC1[C@H](C(C)C)C2. The predicted molar refractivity (Wildman–Crippen MR) is 58.6 cm³/mol. The van der Waals surface area contributed by atoms with Crippen molar-refractivity contribution in [3.63, 3.8) is 0 Å². The maximum atomic E-state index is 11.8. The summed E-state index contributed by atoms with van der Waals surface area (Å²) >= 11 is 0. The number of hydrogen-bond donors (Lipinski definition) is 0. The van der Waals surface area contributed by atoms with Crippen molar-refractivity contribution in [2.45, 2.75) is 52.1 Å². The number of rotatable bonds is 2. The molecule has 15 heavy (non-hydrogen) atoms. The Hall–Kier alpha value is -0.730. The smallest absolute Gasteiger partial charge is 0.410 e. The molecule has 86 valence electrons. The van der Waals surface area contributed by atoms with E-state index in [2.05, 4.69) is 13.8 Å². The van der Waals surface area contributed by atoms with Gasteiger partial charge in [0.05, 0.1) is 6.61 Å². The van der Waals surface area contributed by atoms with Crippen LogP contribution in [0.5, 0.6) is 0 Å². The van der Waals surface area contributed by atoms with E-state index in [-0.39, 0.29) is 6.09 Å². The van der Waals surface area contributed by atoms with Crippen LogP contribution >= 0.6 is 0 Å². The van der Waals surface area contributed by atoms with Crippen molar-refractivity contribution in [2.24, 2.45) is 11.8 Å². The molecule has 0 aromatic rings. The number of nitrogens with zero attached hydrogens (tertiary/aromatic N) is 1. The van der Waals surface area contributed by atoms with Gasteiger partial charge in [-0.2, -0.15) is 0 Å². The van der Waals surface area contributed by atoms with Gasteiger partial charge in [0.25, 0.3) is 0 Å². The van der Waals surface area contributed by atoms with Gasteiger partial charge in [0.1, 0.15) is 0 Å². The molecule has 0 saturated carbocycles. The van der Waals surface area contributed by atoms with Gasteiger partial charge in [-0.1, -0.05) is 13.8 Å². The van der Waals surface area contributed by atoms with Crippen molar-refractivity contribution in [3.8, 4) is 0 Å². The molecule has 0 radical (unpaired) electrons. The maximum absolute atomic E-state index is 11.8. The monoisotopic (exact) mass is 211 g/mol. The first kappa shape index (κ1) is 10.8. The van der Waals surface area contributed by atoms with Crippen LogP contribution in [0.25, 0.3) is 0 Å². The van der Waals surface area contributed by atoms with Gasteiger partial charge >= 0.3 is 6.09 Å². The lowest BCUT2D eigenvalue weighted by molar-refractivity contribution is 0.0973. The minimum absolute atomic E-state index is 0.0897. The van der Waals surface area contributed by atoms with Crippen molar-refractivity contribution in [1.82, 2.24) is 4.90 Å². The van der Waals surface area contributed by atoms with Crippen LogP contribution in [0.1, 0.15) is 40.0 Å². The first-order valence-corrected chi connectivity index (χ1v) is 6.10. The fraction of sp³-hybridized carbons (Fsp3) is 0.917. The van der Waals surface area contributed by atoms with Gasteiger partial charge in [-0.15, -0.1) is 0 Å². The summed E-state index contributed by atoms with van der Waals surface area (Å²) in [7, 11) is 0. The summed E-state index contributed by atoms with van der Waals surface area (Å²) in [5.74, 6) is 1.37. The zero-order chi connectivity index (χ0) is 11.0. The molecule has 2 rings (SSSR count). The van der Waals surface area contributed by atoms with Crippen molar-refractivity contribution >= 4 is 6.09 Å². The molecule has 2 heterocycles. The van der Waals surface area contributed by atoms with Crippen LogP contribution in [-0.2, 0) is 4.74 Å².